The maximum Gasteiger partial charge on any atom is 0.336 e. The molecule has 1 fully saturated rings. The Kier molecular flexibility index (Phi) is 5.63. The summed E-state index contributed by atoms with van der Waals surface area (Å²) in [7, 11) is -4.20. The number of hydrogen-bond acceptors (Lipinski definition) is 5. The first-order valence-corrected chi connectivity index (χ1v) is 11.4. The van der Waals surface area contributed by atoms with Crippen molar-refractivity contribution in [1.29, 1.82) is 0 Å². The Morgan fingerprint density at radius 1 is 1.16 bits per heavy atom. The Morgan fingerprint density at radius 3 is 2.55 bits per heavy atom. The van der Waals surface area contributed by atoms with E-state index in [4.69, 9.17) is 11.6 Å². The molecule has 0 radical (unpaired) electrons. The highest BCUT2D eigenvalue weighted by Crippen LogP contribution is 2.36. The number of nitrogens with one attached hydrogen (secondary N) is 2. The van der Waals surface area contributed by atoms with Gasteiger partial charge in [-0.3, -0.25) is 4.79 Å². The van der Waals surface area contributed by atoms with Crippen molar-refractivity contribution >= 4 is 44.9 Å². The first-order valence-electron chi connectivity index (χ1n) is 9.61. The van der Waals surface area contributed by atoms with Crippen LogP contribution in [0.5, 0.6) is 0 Å². The van der Waals surface area contributed by atoms with Crippen molar-refractivity contribution < 1.29 is 27.5 Å². The number of carbonyl (C=O) groups is 2. The van der Waals surface area contributed by atoms with Crippen LogP contribution in [0.2, 0.25) is 5.02 Å². The molecule has 2 aromatic carbocycles. The maximum absolute atomic E-state index is 13.3. The standard InChI is InChI=1S/C20H19ClFN3O5S/c21-15-10-12(2-7-16(15)22)23-19(27)11-1-8-17-18(9-11)31(29,30)25(20(28)24-17)13-3-5-14(26)6-4-13/h1-2,7-10,13-14,26H,3-6H2,(H,23,27)(H,24,28)/t13-,14-. The van der Waals surface area contributed by atoms with E-state index in [1.54, 1.807) is 0 Å². The molecule has 0 unspecified atom stereocenters. The SMILES string of the molecule is O=C(Nc1ccc(F)c(Cl)c1)c1ccc2c(c1)S(=O)(=O)N([C@H]1CC[C@H](O)CC1)C(=O)N2. The van der Waals surface area contributed by atoms with Crippen molar-refractivity contribution in [2.45, 2.75) is 42.7 Å². The van der Waals surface area contributed by atoms with Crippen LogP contribution >= 0.6 is 11.6 Å². The van der Waals surface area contributed by atoms with Crippen molar-refractivity contribution in [1.82, 2.24) is 4.31 Å². The van der Waals surface area contributed by atoms with Gasteiger partial charge in [-0.2, -0.15) is 0 Å². The number of hydrogen-bond donors (Lipinski definition) is 3. The molecular weight excluding hydrogens is 449 g/mol. The van der Waals surface area contributed by atoms with Crippen molar-refractivity contribution in [2.24, 2.45) is 0 Å². The first kappa shape index (κ1) is 21.5. The second kappa shape index (κ2) is 8.10. The third-order valence-electron chi connectivity index (χ3n) is 5.40. The molecular formula is C20H19ClFN3O5S. The van der Waals surface area contributed by atoms with E-state index in [2.05, 4.69) is 10.6 Å². The minimum atomic E-state index is -4.20. The Bertz CT molecular complexity index is 1170. The van der Waals surface area contributed by atoms with Crippen LogP contribution in [-0.2, 0) is 10.0 Å². The molecule has 0 aromatic heterocycles. The highest BCUT2D eigenvalue weighted by molar-refractivity contribution is 7.90. The van der Waals surface area contributed by atoms with Crippen LogP contribution in [0.15, 0.2) is 41.3 Å². The Balaban J connectivity index is 1.63. The zero-order valence-electron chi connectivity index (χ0n) is 16.1. The molecule has 3 N–H and O–H groups in total. The molecule has 164 valence electrons. The van der Waals surface area contributed by atoms with Gasteiger partial charge < -0.3 is 15.7 Å². The number of aliphatic hydroxyl groups is 1. The van der Waals surface area contributed by atoms with E-state index in [0.29, 0.717) is 25.7 Å². The molecule has 1 saturated carbocycles. The molecule has 1 aliphatic carbocycles. The summed E-state index contributed by atoms with van der Waals surface area (Å²) < 4.78 is 40.6. The van der Waals surface area contributed by atoms with Crippen LogP contribution < -0.4 is 10.6 Å². The van der Waals surface area contributed by atoms with Crippen LogP contribution in [0.25, 0.3) is 0 Å². The number of aliphatic hydroxyl groups excluding tert-OH is 1. The number of sulfonamides is 1. The van der Waals surface area contributed by atoms with Gasteiger partial charge in [-0.25, -0.2) is 21.9 Å². The summed E-state index contributed by atoms with van der Waals surface area (Å²) in [5.74, 6) is -1.25. The molecule has 1 heterocycles. The second-order valence-corrected chi connectivity index (χ2v) is 9.68. The van der Waals surface area contributed by atoms with Crippen molar-refractivity contribution in [3.8, 4) is 0 Å². The minimum absolute atomic E-state index is 0.0398. The molecule has 4 rings (SSSR count). The monoisotopic (exact) mass is 467 g/mol. The van der Waals surface area contributed by atoms with E-state index in [0.717, 1.165) is 10.4 Å². The Morgan fingerprint density at radius 2 is 1.87 bits per heavy atom. The smallest absolute Gasteiger partial charge is 0.336 e. The maximum atomic E-state index is 13.3. The molecule has 0 bridgehead atoms. The van der Waals surface area contributed by atoms with E-state index < -0.39 is 39.9 Å². The minimum Gasteiger partial charge on any atom is -0.393 e. The fraction of sp³-hybridized carbons (Fsp3) is 0.300. The van der Waals surface area contributed by atoms with Crippen LogP contribution in [0, 0.1) is 5.82 Å². The van der Waals surface area contributed by atoms with E-state index in [9.17, 15) is 27.5 Å². The van der Waals surface area contributed by atoms with Gasteiger partial charge in [0.05, 0.1) is 22.9 Å². The number of benzene rings is 2. The number of fused-ring (bicyclic) bond motifs is 1. The van der Waals surface area contributed by atoms with Crippen molar-refractivity contribution in [2.75, 3.05) is 10.6 Å². The summed E-state index contributed by atoms with van der Waals surface area (Å²) in [6.07, 6.45) is 1.01. The lowest BCUT2D eigenvalue weighted by Crippen LogP contribution is -2.51. The van der Waals surface area contributed by atoms with Crippen LogP contribution in [0.1, 0.15) is 36.0 Å². The fourth-order valence-corrected chi connectivity index (χ4v) is 5.73. The predicted octanol–water partition coefficient (Wildman–Crippen LogP) is 3.57. The molecule has 3 amide bonds. The zero-order chi connectivity index (χ0) is 22.3. The second-order valence-electron chi connectivity index (χ2n) is 7.49. The quantitative estimate of drug-likeness (QED) is 0.638. The molecule has 2 aromatic rings. The van der Waals surface area contributed by atoms with E-state index >= 15 is 0 Å². The normalized spacial score (nSPS) is 22.4. The van der Waals surface area contributed by atoms with Crippen molar-refractivity contribution in [3.05, 3.63) is 52.8 Å². The number of rotatable bonds is 3. The highest BCUT2D eigenvalue weighted by Gasteiger charge is 2.42. The van der Waals surface area contributed by atoms with E-state index in [1.165, 1.54) is 30.3 Å². The van der Waals surface area contributed by atoms with Gasteiger partial charge in [-0.1, -0.05) is 11.6 Å². The van der Waals surface area contributed by atoms with Gasteiger partial charge in [0.1, 0.15) is 10.7 Å². The number of carbonyl (C=O) groups excluding carboxylic acids is 2. The third-order valence-corrected chi connectivity index (χ3v) is 7.56. The van der Waals surface area contributed by atoms with Gasteiger partial charge >= 0.3 is 6.03 Å². The third kappa shape index (κ3) is 4.10. The van der Waals surface area contributed by atoms with Gasteiger partial charge in [-0.05, 0) is 62.1 Å². The number of nitrogens with zero attached hydrogens (tertiary/aromatic N) is 1. The van der Waals surface area contributed by atoms with Crippen molar-refractivity contribution in [3.63, 3.8) is 0 Å². The topological polar surface area (TPSA) is 116 Å². The first-order chi connectivity index (χ1) is 14.7. The number of urea groups is 1. The van der Waals surface area contributed by atoms with Gasteiger partial charge in [-0.15, -0.1) is 0 Å². The Labute approximate surface area is 183 Å². The number of anilines is 2. The lowest BCUT2D eigenvalue weighted by molar-refractivity contribution is 0.102. The summed E-state index contributed by atoms with van der Waals surface area (Å²) in [5.41, 5.74) is 0.365. The summed E-state index contributed by atoms with van der Waals surface area (Å²) in [6, 6.07) is 6.25. The van der Waals surface area contributed by atoms with E-state index in [1.807, 2.05) is 0 Å². The lowest BCUT2D eigenvalue weighted by Gasteiger charge is -2.37. The average molecular weight is 468 g/mol. The molecule has 8 nitrogen and oxygen atoms in total. The summed E-state index contributed by atoms with van der Waals surface area (Å²) in [6.45, 7) is 0. The van der Waals surface area contributed by atoms with Crippen LogP contribution in [-0.4, -0.2) is 41.9 Å². The fourth-order valence-electron chi connectivity index (χ4n) is 3.80. The molecule has 0 atom stereocenters. The van der Waals surface area contributed by atoms with Gasteiger partial charge in [0, 0.05) is 11.3 Å². The molecule has 0 spiro atoms. The highest BCUT2D eigenvalue weighted by atomic mass is 35.5. The number of amides is 3. The molecule has 2 aliphatic rings. The van der Waals surface area contributed by atoms with Gasteiger partial charge in [0.25, 0.3) is 15.9 Å². The largest absolute Gasteiger partial charge is 0.393 e. The summed E-state index contributed by atoms with van der Waals surface area (Å²) in [4.78, 5) is 25.0. The molecule has 31 heavy (non-hydrogen) atoms. The molecule has 11 heteroatoms. The van der Waals surface area contributed by atoms with Gasteiger partial charge in [0.15, 0.2) is 0 Å². The Hall–Kier alpha value is -2.69. The lowest BCUT2D eigenvalue weighted by atomic mass is 9.93. The predicted molar refractivity (Wildman–Crippen MR) is 112 cm³/mol. The zero-order valence-corrected chi connectivity index (χ0v) is 17.7. The van der Waals surface area contributed by atoms with Crippen LogP contribution in [0.4, 0.5) is 20.6 Å². The molecule has 1 aliphatic heterocycles. The van der Waals surface area contributed by atoms with E-state index in [-0.39, 0.29) is 26.9 Å². The number of halogens is 2. The van der Waals surface area contributed by atoms with Gasteiger partial charge in [0.2, 0.25) is 0 Å². The molecule has 0 saturated heterocycles. The van der Waals surface area contributed by atoms with Crippen LogP contribution in [0.3, 0.4) is 0 Å². The summed E-state index contributed by atoms with van der Waals surface area (Å²) in [5, 5.41) is 14.6. The average Bonchev–Trinajstić information content (AvgIpc) is 2.71. The summed E-state index contributed by atoms with van der Waals surface area (Å²) >= 11 is 5.72.